The predicted octanol–water partition coefficient (Wildman–Crippen LogP) is 4.15. The number of hydrogen-bond acceptors (Lipinski definition) is 2. The van der Waals surface area contributed by atoms with Crippen molar-refractivity contribution in [3.8, 4) is 0 Å². The third-order valence-electron chi connectivity index (χ3n) is 3.85. The van der Waals surface area contributed by atoms with Crippen molar-refractivity contribution < 1.29 is 0 Å². The van der Waals surface area contributed by atoms with Gasteiger partial charge in [-0.1, -0.05) is 37.6 Å². The van der Waals surface area contributed by atoms with E-state index < -0.39 is 0 Å². The fraction of sp³-hybridized carbons (Fsp3) is 0.625. The number of nitrogens with one attached hydrogen (secondary N) is 1. The topological polar surface area (TPSA) is 12.0 Å². The highest BCUT2D eigenvalue weighted by Gasteiger charge is 2.21. The minimum atomic E-state index is 0.762. The van der Waals surface area contributed by atoms with E-state index in [0.29, 0.717) is 0 Å². The van der Waals surface area contributed by atoms with Gasteiger partial charge in [0.25, 0.3) is 0 Å². The molecule has 0 bridgehead atoms. The van der Waals surface area contributed by atoms with E-state index in [9.17, 15) is 0 Å². The average Bonchev–Trinajstić information content (AvgIpc) is 2.39. The number of hydrogen-bond donors (Lipinski definition) is 1. The summed E-state index contributed by atoms with van der Waals surface area (Å²) in [4.78, 5) is 0. The van der Waals surface area contributed by atoms with E-state index >= 15 is 0 Å². The molecular formula is C16H25NS. The van der Waals surface area contributed by atoms with Crippen LogP contribution in [0.4, 0.5) is 0 Å². The zero-order chi connectivity index (χ0) is 12.8. The average molecular weight is 263 g/mol. The summed E-state index contributed by atoms with van der Waals surface area (Å²) < 4.78 is 0. The normalized spacial score (nSPS) is 24.1. The van der Waals surface area contributed by atoms with Gasteiger partial charge in [-0.15, -0.1) is 0 Å². The maximum Gasteiger partial charge on any atom is 0.0189 e. The summed E-state index contributed by atoms with van der Waals surface area (Å²) in [7, 11) is 0. The molecule has 0 amide bonds. The van der Waals surface area contributed by atoms with Gasteiger partial charge in [0.05, 0.1) is 0 Å². The van der Waals surface area contributed by atoms with Crippen molar-refractivity contribution in [2.45, 2.75) is 56.6 Å². The molecule has 0 radical (unpaired) electrons. The SMILES string of the molecule is CCNC1CCCC(SCc2ccccc2C)C1. The van der Waals surface area contributed by atoms with Gasteiger partial charge in [0.1, 0.15) is 0 Å². The van der Waals surface area contributed by atoms with Gasteiger partial charge in [-0.05, 0) is 43.9 Å². The Bertz CT molecular complexity index is 362. The van der Waals surface area contributed by atoms with Crippen LogP contribution in [0.25, 0.3) is 0 Å². The van der Waals surface area contributed by atoms with E-state index in [1.54, 1.807) is 0 Å². The molecule has 0 aliphatic heterocycles. The Labute approximate surface area is 116 Å². The van der Waals surface area contributed by atoms with Crippen LogP contribution in [0, 0.1) is 6.92 Å². The van der Waals surface area contributed by atoms with Crippen molar-refractivity contribution in [2.24, 2.45) is 0 Å². The lowest BCUT2D eigenvalue weighted by Gasteiger charge is -2.29. The summed E-state index contributed by atoms with van der Waals surface area (Å²) in [6.45, 7) is 5.54. The molecule has 0 aromatic heterocycles. The number of thioether (sulfide) groups is 1. The van der Waals surface area contributed by atoms with Gasteiger partial charge < -0.3 is 5.32 Å². The minimum absolute atomic E-state index is 0.762. The van der Waals surface area contributed by atoms with Crippen LogP contribution in [-0.2, 0) is 5.75 Å². The van der Waals surface area contributed by atoms with Gasteiger partial charge in [-0.3, -0.25) is 0 Å². The van der Waals surface area contributed by atoms with Crippen LogP contribution in [0.2, 0.25) is 0 Å². The molecule has 2 rings (SSSR count). The molecule has 1 fully saturated rings. The van der Waals surface area contributed by atoms with Crippen LogP contribution in [-0.4, -0.2) is 17.8 Å². The summed E-state index contributed by atoms with van der Waals surface area (Å²) in [6.07, 6.45) is 5.52. The summed E-state index contributed by atoms with van der Waals surface area (Å²) in [5.41, 5.74) is 2.94. The molecule has 0 spiro atoms. The lowest BCUT2D eigenvalue weighted by atomic mass is 9.95. The third-order valence-corrected chi connectivity index (χ3v) is 5.23. The second kappa shape index (κ2) is 7.20. The molecule has 2 atom stereocenters. The molecule has 1 aliphatic carbocycles. The fourth-order valence-corrected chi connectivity index (χ4v) is 4.19. The van der Waals surface area contributed by atoms with Gasteiger partial charge in [0, 0.05) is 17.0 Å². The van der Waals surface area contributed by atoms with Crippen LogP contribution < -0.4 is 5.32 Å². The van der Waals surface area contributed by atoms with Crippen molar-refractivity contribution in [2.75, 3.05) is 6.54 Å². The smallest absolute Gasteiger partial charge is 0.0189 e. The molecule has 1 nitrogen and oxygen atoms in total. The number of rotatable bonds is 5. The Morgan fingerprint density at radius 2 is 2.11 bits per heavy atom. The first-order valence-corrected chi connectivity index (χ1v) is 8.24. The summed E-state index contributed by atoms with van der Waals surface area (Å²) in [5, 5.41) is 4.46. The van der Waals surface area contributed by atoms with Gasteiger partial charge in [-0.25, -0.2) is 0 Å². The highest BCUT2D eigenvalue weighted by molar-refractivity contribution is 7.99. The maximum atomic E-state index is 3.61. The van der Waals surface area contributed by atoms with Crippen LogP contribution in [0.15, 0.2) is 24.3 Å². The van der Waals surface area contributed by atoms with Crippen molar-refractivity contribution in [3.63, 3.8) is 0 Å². The van der Waals surface area contributed by atoms with Gasteiger partial charge >= 0.3 is 0 Å². The van der Waals surface area contributed by atoms with Gasteiger partial charge in [0.15, 0.2) is 0 Å². The minimum Gasteiger partial charge on any atom is -0.314 e. The molecule has 1 aromatic rings. The second-order valence-corrected chi connectivity index (χ2v) is 6.57. The van der Waals surface area contributed by atoms with Crippen molar-refractivity contribution >= 4 is 11.8 Å². The largest absolute Gasteiger partial charge is 0.314 e. The molecule has 1 aliphatic rings. The molecular weight excluding hydrogens is 238 g/mol. The number of benzene rings is 1. The molecule has 0 saturated heterocycles. The predicted molar refractivity (Wildman–Crippen MR) is 82.2 cm³/mol. The fourth-order valence-electron chi connectivity index (χ4n) is 2.75. The van der Waals surface area contributed by atoms with Crippen LogP contribution in [0.1, 0.15) is 43.7 Å². The summed E-state index contributed by atoms with van der Waals surface area (Å²) in [5.74, 6) is 1.18. The molecule has 1 N–H and O–H groups in total. The van der Waals surface area contributed by atoms with E-state index in [1.807, 2.05) is 0 Å². The lowest BCUT2D eigenvalue weighted by molar-refractivity contribution is 0.387. The van der Waals surface area contributed by atoms with Crippen LogP contribution in [0.3, 0.4) is 0 Å². The Morgan fingerprint density at radius 3 is 2.89 bits per heavy atom. The molecule has 0 heterocycles. The monoisotopic (exact) mass is 263 g/mol. The molecule has 100 valence electrons. The van der Waals surface area contributed by atoms with E-state index in [1.165, 1.54) is 42.6 Å². The second-order valence-electron chi connectivity index (χ2n) is 5.28. The van der Waals surface area contributed by atoms with E-state index in [-0.39, 0.29) is 0 Å². The standard InChI is InChI=1S/C16H25NS/c1-3-17-15-9-6-10-16(11-15)18-12-14-8-5-4-7-13(14)2/h4-5,7-8,15-17H,3,6,9-12H2,1-2H3. The molecule has 2 unspecified atom stereocenters. The zero-order valence-electron chi connectivity index (χ0n) is 11.6. The molecule has 1 saturated carbocycles. The quantitative estimate of drug-likeness (QED) is 0.856. The van der Waals surface area contributed by atoms with Crippen molar-refractivity contribution in [1.82, 2.24) is 5.32 Å². The Hall–Kier alpha value is -0.470. The summed E-state index contributed by atoms with van der Waals surface area (Å²) in [6, 6.07) is 9.54. The third kappa shape index (κ3) is 4.03. The van der Waals surface area contributed by atoms with Crippen LogP contribution >= 0.6 is 11.8 Å². The van der Waals surface area contributed by atoms with E-state index in [4.69, 9.17) is 0 Å². The van der Waals surface area contributed by atoms with Crippen LogP contribution in [0.5, 0.6) is 0 Å². The van der Waals surface area contributed by atoms with Crippen molar-refractivity contribution in [3.05, 3.63) is 35.4 Å². The summed E-state index contributed by atoms with van der Waals surface area (Å²) >= 11 is 2.15. The van der Waals surface area contributed by atoms with Gasteiger partial charge in [-0.2, -0.15) is 11.8 Å². The van der Waals surface area contributed by atoms with E-state index in [2.05, 4.69) is 55.2 Å². The number of aryl methyl sites for hydroxylation is 1. The highest BCUT2D eigenvalue weighted by Crippen LogP contribution is 2.31. The first-order chi connectivity index (χ1) is 8.79. The first-order valence-electron chi connectivity index (χ1n) is 7.19. The zero-order valence-corrected chi connectivity index (χ0v) is 12.4. The molecule has 1 aromatic carbocycles. The maximum absolute atomic E-state index is 3.61. The molecule has 18 heavy (non-hydrogen) atoms. The van der Waals surface area contributed by atoms with Crippen molar-refractivity contribution in [1.29, 1.82) is 0 Å². The first kappa shape index (κ1) is 14.0. The Morgan fingerprint density at radius 1 is 1.28 bits per heavy atom. The van der Waals surface area contributed by atoms with Gasteiger partial charge in [0.2, 0.25) is 0 Å². The Kier molecular flexibility index (Phi) is 5.58. The lowest BCUT2D eigenvalue weighted by Crippen LogP contribution is -2.34. The Balaban J connectivity index is 1.81. The highest BCUT2D eigenvalue weighted by atomic mass is 32.2. The van der Waals surface area contributed by atoms with E-state index in [0.717, 1.165) is 17.8 Å². The molecule has 2 heteroatoms.